The number of amides is 1. The first-order valence-corrected chi connectivity index (χ1v) is 9.09. The molecule has 0 aliphatic heterocycles. The molecule has 2 rings (SSSR count). The quantitative estimate of drug-likeness (QED) is 0.288. The van der Waals surface area contributed by atoms with Crippen molar-refractivity contribution in [1.82, 2.24) is 0 Å². The molecular formula is C21H22N2O7. The number of nitrogens with zero attached hydrogens (tertiary/aromatic N) is 1. The number of ether oxygens (including phenoxy) is 3. The first kappa shape index (κ1) is 22.4. The Labute approximate surface area is 173 Å². The molecule has 0 bridgehead atoms. The lowest BCUT2D eigenvalue weighted by atomic mass is 10.2. The highest BCUT2D eigenvalue weighted by Crippen LogP contribution is 2.29. The second-order valence-corrected chi connectivity index (χ2v) is 6.05. The molecule has 0 fully saturated rings. The molecule has 9 nitrogen and oxygen atoms in total. The summed E-state index contributed by atoms with van der Waals surface area (Å²) in [5.41, 5.74) is 0.813. The minimum absolute atomic E-state index is 0.117. The Hall–Kier alpha value is -3.88. The van der Waals surface area contributed by atoms with Crippen molar-refractivity contribution < 1.29 is 28.7 Å². The van der Waals surface area contributed by atoms with Gasteiger partial charge in [0.05, 0.1) is 30.4 Å². The van der Waals surface area contributed by atoms with Crippen LogP contribution in [0.2, 0.25) is 0 Å². The van der Waals surface area contributed by atoms with E-state index in [0.717, 1.165) is 11.3 Å². The number of rotatable bonds is 9. The van der Waals surface area contributed by atoms with Gasteiger partial charge >= 0.3 is 5.97 Å². The van der Waals surface area contributed by atoms with Crippen LogP contribution in [0, 0.1) is 10.1 Å². The first-order chi connectivity index (χ1) is 14.3. The highest BCUT2D eigenvalue weighted by atomic mass is 16.6. The van der Waals surface area contributed by atoms with Crippen molar-refractivity contribution in [2.75, 3.05) is 19.0 Å². The van der Waals surface area contributed by atoms with Crippen LogP contribution in [0.4, 0.5) is 11.4 Å². The summed E-state index contributed by atoms with van der Waals surface area (Å²) in [7, 11) is 1.32. The van der Waals surface area contributed by atoms with Crippen molar-refractivity contribution in [2.45, 2.75) is 20.0 Å². The Morgan fingerprint density at radius 3 is 2.50 bits per heavy atom. The third kappa shape index (κ3) is 6.33. The molecule has 1 atom stereocenters. The van der Waals surface area contributed by atoms with E-state index < -0.39 is 22.9 Å². The highest BCUT2D eigenvalue weighted by Gasteiger charge is 2.19. The Morgan fingerprint density at radius 2 is 1.90 bits per heavy atom. The van der Waals surface area contributed by atoms with Gasteiger partial charge in [0, 0.05) is 12.1 Å². The van der Waals surface area contributed by atoms with Crippen LogP contribution in [0.25, 0.3) is 6.08 Å². The average Bonchev–Trinajstić information content (AvgIpc) is 2.73. The fourth-order valence-electron chi connectivity index (χ4n) is 2.40. The Bertz CT molecular complexity index is 939. The summed E-state index contributed by atoms with van der Waals surface area (Å²) < 4.78 is 15.5. The van der Waals surface area contributed by atoms with Crippen molar-refractivity contribution in [2.24, 2.45) is 0 Å². The largest absolute Gasteiger partial charge is 0.494 e. The SMILES string of the molecule is CCOc1ccc(/C=C/C(=O)O[C@H](C)C(=O)Nc2ccc([N+](=O)[O-])cc2OC)cc1. The second-order valence-electron chi connectivity index (χ2n) is 6.05. The Balaban J connectivity index is 1.95. The maximum Gasteiger partial charge on any atom is 0.331 e. The molecule has 1 N–H and O–H groups in total. The normalized spacial score (nSPS) is 11.6. The van der Waals surface area contributed by atoms with Crippen LogP contribution >= 0.6 is 0 Å². The molecule has 2 aromatic carbocycles. The molecule has 0 spiro atoms. The van der Waals surface area contributed by atoms with E-state index in [1.165, 1.54) is 38.3 Å². The summed E-state index contributed by atoms with van der Waals surface area (Å²) in [6.07, 6.45) is 1.68. The number of nitrogens with one attached hydrogen (secondary N) is 1. The van der Waals surface area contributed by atoms with Crippen molar-refractivity contribution in [3.8, 4) is 11.5 Å². The number of nitro benzene ring substituents is 1. The van der Waals surface area contributed by atoms with Crippen molar-refractivity contribution in [3.63, 3.8) is 0 Å². The van der Waals surface area contributed by atoms with Gasteiger partial charge in [-0.2, -0.15) is 0 Å². The molecule has 158 valence electrons. The number of benzene rings is 2. The smallest absolute Gasteiger partial charge is 0.331 e. The van der Waals surface area contributed by atoms with Crippen LogP contribution in [0.5, 0.6) is 11.5 Å². The topological polar surface area (TPSA) is 117 Å². The third-order valence-corrected chi connectivity index (χ3v) is 3.92. The van der Waals surface area contributed by atoms with Crippen molar-refractivity contribution in [1.29, 1.82) is 0 Å². The predicted octanol–water partition coefficient (Wildman–Crippen LogP) is 3.59. The number of non-ortho nitro benzene ring substituents is 1. The van der Waals surface area contributed by atoms with Gasteiger partial charge in [0.25, 0.3) is 11.6 Å². The summed E-state index contributed by atoms with van der Waals surface area (Å²) >= 11 is 0. The van der Waals surface area contributed by atoms with E-state index in [1.807, 2.05) is 6.92 Å². The van der Waals surface area contributed by atoms with E-state index in [0.29, 0.717) is 6.61 Å². The van der Waals surface area contributed by atoms with Gasteiger partial charge in [-0.1, -0.05) is 12.1 Å². The van der Waals surface area contributed by atoms with Gasteiger partial charge in [-0.25, -0.2) is 4.79 Å². The van der Waals surface area contributed by atoms with Crippen molar-refractivity contribution >= 4 is 29.3 Å². The number of hydrogen-bond donors (Lipinski definition) is 1. The van der Waals surface area contributed by atoms with Crippen LogP contribution < -0.4 is 14.8 Å². The van der Waals surface area contributed by atoms with Crippen LogP contribution in [0.1, 0.15) is 19.4 Å². The predicted molar refractivity (Wildman–Crippen MR) is 110 cm³/mol. The number of carbonyl (C=O) groups excluding carboxylic acids is 2. The van der Waals surface area contributed by atoms with Crippen LogP contribution in [-0.4, -0.2) is 36.6 Å². The minimum atomic E-state index is -1.10. The van der Waals surface area contributed by atoms with E-state index >= 15 is 0 Å². The number of hydrogen-bond acceptors (Lipinski definition) is 7. The first-order valence-electron chi connectivity index (χ1n) is 9.09. The zero-order chi connectivity index (χ0) is 22.1. The molecule has 0 heterocycles. The molecule has 2 aromatic rings. The van der Waals surface area contributed by atoms with Crippen LogP contribution in [-0.2, 0) is 14.3 Å². The number of carbonyl (C=O) groups is 2. The summed E-state index contributed by atoms with van der Waals surface area (Å²) in [5, 5.41) is 13.4. The maximum absolute atomic E-state index is 12.3. The fourth-order valence-corrected chi connectivity index (χ4v) is 2.40. The summed E-state index contributed by atoms with van der Waals surface area (Å²) in [6, 6.07) is 10.9. The van der Waals surface area contributed by atoms with E-state index in [1.54, 1.807) is 30.3 Å². The van der Waals surface area contributed by atoms with E-state index in [9.17, 15) is 19.7 Å². The lowest BCUT2D eigenvalue weighted by Crippen LogP contribution is -2.29. The zero-order valence-corrected chi connectivity index (χ0v) is 16.8. The van der Waals surface area contributed by atoms with Gasteiger partial charge in [-0.15, -0.1) is 0 Å². The van der Waals surface area contributed by atoms with Crippen LogP contribution in [0.3, 0.4) is 0 Å². The monoisotopic (exact) mass is 414 g/mol. The fraction of sp³-hybridized carbons (Fsp3) is 0.238. The van der Waals surface area contributed by atoms with E-state index in [-0.39, 0.29) is 17.1 Å². The van der Waals surface area contributed by atoms with Gasteiger partial charge in [-0.3, -0.25) is 14.9 Å². The molecule has 0 aromatic heterocycles. The van der Waals surface area contributed by atoms with Crippen LogP contribution in [0.15, 0.2) is 48.5 Å². The molecule has 0 aliphatic carbocycles. The molecule has 0 aliphatic rings. The van der Waals surface area contributed by atoms with E-state index in [4.69, 9.17) is 14.2 Å². The number of esters is 1. The van der Waals surface area contributed by atoms with Gasteiger partial charge in [-0.05, 0) is 43.7 Å². The van der Waals surface area contributed by atoms with Gasteiger partial charge in [0.1, 0.15) is 11.5 Å². The number of anilines is 1. The minimum Gasteiger partial charge on any atom is -0.494 e. The maximum atomic E-state index is 12.3. The molecule has 1 amide bonds. The summed E-state index contributed by atoms with van der Waals surface area (Å²) in [6.45, 7) is 3.86. The molecular weight excluding hydrogens is 392 g/mol. The molecule has 0 saturated heterocycles. The zero-order valence-electron chi connectivity index (χ0n) is 16.8. The lowest BCUT2D eigenvalue weighted by Gasteiger charge is -2.14. The molecule has 0 radical (unpaired) electrons. The lowest BCUT2D eigenvalue weighted by molar-refractivity contribution is -0.384. The highest BCUT2D eigenvalue weighted by molar-refractivity contribution is 5.97. The van der Waals surface area contributed by atoms with Gasteiger partial charge in [0.2, 0.25) is 0 Å². The summed E-state index contributed by atoms with van der Waals surface area (Å²) in [4.78, 5) is 34.5. The number of nitro groups is 1. The molecule has 0 unspecified atom stereocenters. The van der Waals surface area contributed by atoms with Crippen molar-refractivity contribution in [3.05, 3.63) is 64.2 Å². The standard InChI is InChI=1S/C21H22N2O7/c1-4-29-17-9-5-15(6-10-17)7-12-20(24)30-14(2)21(25)22-18-11-8-16(23(26)27)13-19(18)28-3/h5-14H,4H2,1-3H3,(H,22,25)/b12-7+/t14-/m1/s1. The number of methoxy groups -OCH3 is 1. The Morgan fingerprint density at radius 1 is 1.20 bits per heavy atom. The van der Waals surface area contributed by atoms with Gasteiger partial charge < -0.3 is 19.5 Å². The Kier molecular flexibility index (Phi) is 7.92. The third-order valence-electron chi connectivity index (χ3n) is 3.92. The second kappa shape index (κ2) is 10.6. The molecule has 0 saturated carbocycles. The van der Waals surface area contributed by atoms with Gasteiger partial charge in [0.15, 0.2) is 6.10 Å². The average molecular weight is 414 g/mol. The summed E-state index contributed by atoms with van der Waals surface area (Å²) in [5.74, 6) is -0.456. The van der Waals surface area contributed by atoms with E-state index in [2.05, 4.69) is 5.32 Å². The molecule has 9 heteroatoms. The molecule has 30 heavy (non-hydrogen) atoms.